The SMILES string of the molecule is CCCCCCCCC(=S)OCCCC. The highest BCUT2D eigenvalue weighted by atomic mass is 32.1. The van der Waals surface area contributed by atoms with Gasteiger partial charge < -0.3 is 4.74 Å². The molecule has 0 atom stereocenters. The molecule has 90 valence electrons. The number of ether oxygens (including phenoxy) is 1. The van der Waals surface area contributed by atoms with E-state index < -0.39 is 0 Å². The summed E-state index contributed by atoms with van der Waals surface area (Å²) in [5, 5.41) is 0.818. The Hall–Kier alpha value is -0.110. The Kier molecular flexibility index (Phi) is 11.9. The lowest BCUT2D eigenvalue weighted by Crippen LogP contribution is -2.02. The normalized spacial score (nSPS) is 10.3. The van der Waals surface area contributed by atoms with Crippen molar-refractivity contribution >= 4 is 17.3 Å². The molecular weight excluding hydrogens is 204 g/mol. The Balaban J connectivity index is 3.10. The second-order valence-corrected chi connectivity index (χ2v) is 4.55. The third-order valence-electron chi connectivity index (χ3n) is 2.50. The molecule has 0 amide bonds. The molecule has 0 aliphatic rings. The minimum Gasteiger partial charge on any atom is -0.487 e. The van der Waals surface area contributed by atoms with Crippen molar-refractivity contribution in [3.05, 3.63) is 0 Å². The van der Waals surface area contributed by atoms with Crippen molar-refractivity contribution in [2.75, 3.05) is 6.61 Å². The van der Waals surface area contributed by atoms with E-state index in [1.165, 1.54) is 44.9 Å². The third kappa shape index (κ3) is 11.8. The van der Waals surface area contributed by atoms with E-state index in [1.54, 1.807) is 0 Å². The van der Waals surface area contributed by atoms with Crippen molar-refractivity contribution in [1.82, 2.24) is 0 Å². The van der Waals surface area contributed by atoms with Gasteiger partial charge in [-0.2, -0.15) is 0 Å². The average Bonchev–Trinajstić information content (AvgIpc) is 2.23. The molecule has 15 heavy (non-hydrogen) atoms. The summed E-state index contributed by atoms with van der Waals surface area (Å²) in [6.45, 7) is 5.22. The Morgan fingerprint density at radius 3 is 2.13 bits per heavy atom. The maximum Gasteiger partial charge on any atom is 0.159 e. The van der Waals surface area contributed by atoms with Gasteiger partial charge in [0.1, 0.15) is 0 Å². The molecule has 0 spiro atoms. The predicted molar refractivity (Wildman–Crippen MR) is 71.5 cm³/mol. The maximum absolute atomic E-state index is 5.44. The third-order valence-corrected chi connectivity index (χ3v) is 2.82. The summed E-state index contributed by atoms with van der Waals surface area (Å²) in [4.78, 5) is 0. The molecule has 0 aliphatic carbocycles. The van der Waals surface area contributed by atoms with Gasteiger partial charge in [0.2, 0.25) is 0 Å². The maximum atomic E-state index is 5.44. The highest BCUT2D eigenvalue weighted by Gasteiger charge is 1.97. The standard InChI is InChI=1S/C13H26OS/c1-3-5-7-8-9-10-11-13(15)14-12-6-4-2/h3-12H2,1-2H3. The number of hydrogen-bond donors (Lipinski definition) is 0. The molecule has 0 bridgehead atoms. The quantitative estimate of drug-likeness (QED) is 0.391. The summed E-state index contributed by atoms with van der Waals surface area (Å²) < 4.78 is 5.44. The van der Waals surface area contributed by atoms with E-state index in [9.17, 15) is 0 Å². The first-order valence-electron chi connectivity index (χ1n) is 6.46. The fraction of sp³-hybridized carbons (Fsp3) is 0.923. The summed E-state index contributed by atoms with van der Waals surface area (Å²) >= 11 is 5.15. The highest BCUT2D eigenvalue weighted by molar-refractivity contribution is 7.80. The van der Waals surface area contributed by atoms with E-state index in [4.69, 9.17) is 17.0 Å². The van der Waals surface area contributed by atoms with Crippen molar-refractivity contribution < 1.29 is 4.74 Å². The number of rotatable bonds is 10. The van der Waals surface area contributed by atoms with Gasteiger partial charge in [-0.05, 0) is 25.1 Å². The van der Waals surface area contributed by atoms with Crippen LogP contribution in [0.5, 0.6) is 0 Å². The fourth-order valence-electron chi connectivity index (χ4n) is 1.45. The Labute approximate surface area is 101 Å². The lowest BCUT2D eigenvalue weighted by atomic mass is 10.1. The fourth-order valence-corrected chi connectivity index (χ4v) is 1.68. The van der Waals surface area contributed by atoms with Gasteiger partial charge in [0.15, 0.2) is 5.05 Å². The first kappa shape index (κ1) is 14.9. The van der Waals surface area contributed by atoms with Crippen molar-refractivity contribution in [2.24, 2.45) is 0 Å². The second-order valence-electron chi connectivity index (χ2n) is 4.09. The van der Waals surface area contributed by atoms with Crippen LogP contribution in [0.2, 0.25) is 0 Å². The van der Waals surface area contributed by atoms with Crippen molar-refractivity contribution in [1.29, 1.82) is 0 Å². The van der Waals surface area contributed by atoms with Gasteiger partial charge in [0.25, 0.3) is 0 Å². The number of thiocarbonyl (C=S) groups is 1. The van der Waals surface area contributed by atoms with Gasteiger partial charge in [0, 0.05) is 6.42 Å². The van der Waals surface area contributed by atoms with Gasteiger partial charge in [-0.3, -0.25) is 0 Å². The van der Waals surface area contributed by atoms with E-state index in [0.29, 0.717) is 0 Å². The van der Waals surface area contributed by atoms with E-state index in [0.717, 1.165) is 24.5 Å². The molecule has 0 heterocycles. The van der Waals surface area contributed by atoms with Crippen molar-refractivity contribution in [3.63, 3.8) is 0 Å². The second kappa shape index (κ2) is 12.0. The number of unbranched alkanes of at least 4 members (excludes halogenated alkanes) is 6. The van der Waals surface area contributed by atoms with E-state index in [1.807, 2.05) is 0 Å². The van der Waals surface area contributed by atoms with E-state index >= 15 is 0 Å². The van der Waals surface area contributed by atoms with Gasteiger partial charge in [-0.15, -0.1) is 0 Å². The van der Waals surface area contributed by atoms with Crippen LogP contribution in [0.3, 0.4) is 0 Å². The molecule has 0 rings (SSSR count). The summed E-state index contributed by atoms with van der Waals surface area (Å²) in [6.07, 6.45) is 11.2. The smallest absolute Gasteiger partial charge is 0.159 e. The molecule has 0 aromatic heterocycles. The van der Waals surface area contributed by atoms with Crippen LogP contribution in [-0.4, -0.2) is 11.7 Å². The molecular formula is C13H26OS. The predicted octanol–water partition coefficient (Wildman–Crippen LogP) is 4.88. The highest BCUT2D eigenvalue weighted by Crippen LogP contribution is 2.08. The van der Waals surface area contributed by atoms with E-state index in [2.05, 4.69) is 13.8 Å². The van der Waals surface area contributed by atoms with Gasteiger partial charge >= 0.3 is 0 Å². The van der Waals surface area contributed by atoms with Crippen LogP contribution < -0.4 is 0 Å². The van der Waals surface area contributed by atoms with Crippen molar-refractivity contribution in [2.45, 2.75) is 71.6 Å². The minimum absolute atomic E-state index is 0.811. The molecule has 0 unspecified atom stereocenters. The van der Waals surface area contributed by atoms with Gasteiger partial charge in [0.05, 0.1) is 6.61 Å². The summed E-state index contributed by atoms with van der Waals surface area (Å²) in [5.74, 6) is 0. The van der Waals surface area contributed by atoms with Gasteiger partial charge in [-0.25, -0.2) is 0 Å². The monoisotopic (exact) mass is 230 g/mol. The first-order valence-corrected chi connectivity index (χ1v) is 6.87. The Morgan fingerprint density at radius 1 is 0.867 bits per heavy atom. The zero-order chi connectivity index (χ0) is 11.4. The average molecular weight is 230 g/mol. The number of hydrogen-bond acceptors (Lipinski definition) is 2. The van der Waals surface area contributed by atoms with Crippen LogP contribution in [0.1, 0.15) is 71.6 Å². The zero-order valence-electron chi connectivity index (χ0n) is 10.4. The van der Waals surface area contributed by atoms with Crippen LogP contribution >= 0.6 is 12.2 Å². The molecule has 0 N–H and O–H groups in total. The zero-order valence-corrected chi connectivity index (χ0v) is 11.2. The topological polar surface area (TPSA) is 9.23 Å². The summed E-state index contributed by atoms with van der Waals surface area (Å²) in [7, 11) is 0. The molecule has 0 radical (unpaired) electrons. The molecule has 0 saturated heterocycles. The first-order chi connectivity index (χ1) is 7.31. The molecule has 0 fully saturated rings. The summed E-state index contributed by atoms with van der Waals surface area (Å²) in [6, 6.07) is 0. The van der Waals surface area contributed by atoms with Crippen molar-refractivity contribution in [3.8, 4) is 0 Å². The largest absolute Gasteiger partial charge is 0.487 e. The molecule has 0 saturated carbocycles. The van der Waals surface area contributed by atoms with Crippen LogP contribution in [0.25, 0.3) is 0 Å². The Morgan fingerprint density at radius 2 is 1.47 bits per heavy atom. The molecule has 1 nitrogen and oxygen atoms in total. The molecule has 2 heteroatoms. The lowest BCUT2D eigenvalue weighted by molar-refractivity contribution is 0.295. The molecule has 0 aromatic carbocycles. The van der Waals surface area contributed by atoms with Gasteiger partial charge in [-0.1, -0.05) is 52.4 Å². The minimum atomic E-state index is 0.811. The van der Waals surface area contributed by atoms with Crippen LogP contribution in [0, 0.1) is 0 Å². The molecule has 0 aromatic rings. The lowest BCUT2D eigenvalue weighted by Gasteiger charge is -2.06. The molecule has 0 aliphatic heterocycles. The summed E-state index contributed by atoms with van der Waals surface area (Å²) in [5.41, 5.74) is 0. The van der Waals surface area contributed by atoms with Crippen LogP contribution in [-0.2, 0) is 4.74 Å². The Bertz CT molecular complexity index is 145. The van der Waals surface area contributed by atoms with Crippen LogP contribution in [0.15, 0.2) is 0 Å². The van der Waals surface area contributed by atoms with Crippen LogP contribution in [0.4, 0.5) is 0 Å². The van der Waals surface area contributed by atoms with E-state index in [-0.39, 0.29) is 0 Å².